The van der Waals surface area contributed by atoms with Gasteiger partial charge >= 0.3 is 11.2 Å². The highest BCUT2D eigenvalue weighted by atomic mass is 32.2. The summed E-state index contributed by atoms with van der Waals surface area (Å²) in [5.41, 5.74) is 0. The second-order valence-corrected chi connectivity index (χ2v) is 2.94. The Balaban J connectivity index is 2.84. The lowest BCUT2D eigenvalue weighted by Crippen LogP contribution is -2.37. The highest BCUT2D eigenvalue weighted by Gasteiger charge is 2.56. The van der Waals surface area contributed by atoms with Gasteiger partial charge in [0.15, 0.2) is 0 Å². The Hall–Kier alpha value is -0.190. The molecule has 1 aliphatic heterocycles. The number of hydrogen-bond donors (Lipinski definition) is 0. The SMILES string of the molecule is FC1(F)CC=CSC1(F)F. The molecule has 0 spiro atoms. The van der Waals surface area contributed by atoms with Crippen molar-refractivity contribution in [2.75, 3.05) is 0 Å². The molecule has 0 fully saturated rings. The first-order chi connectivity index (χ1) is 4.46. The lowest BCUT2D eigenvalue weighted by Gasteiger charge is -2.26. The van der Waals surface area contributed by atoms with Crippen molar-refractivity contribution in [3.8, 4) is 0 Å². The molecule has 0 radical (unpaired) electrons. The van der Waals surface area contributed by atoms with Crippen molar-refractivity contribution in [1.29, 1.82) is 0 Å². The molecule has 0 saturated heterocycles. The number of rotatable bonds is 0. The second-order valence-electron chi connectivity index (χ2n) is 1.91. The largest absolute Gasteiger partial charge is 0.360 e. The van der Waals surface area contributed by atoms with Crippen LogP contribution in [0.25, 0.3) is 0 Å². The Morgan fingerprint density at radius 2 is 1.80 bits per heavy atom. The molecule has 0 atom stereocenters. The summed E-state index contributed by atoms with van der Waals surface area (Å²) >= 11 is -0.137. The zero-order chi connectivity index (χ0) is 7.83. The van der Waals surface area contributed by atoms with E-state index in [0.717, 1.165) is 11.5 Å². The van der Waals surface area contributed by atoms with E-state index in [1.165, 1.54) is 0 Å². The maximum atomic E-state index is 12.2. The van der Waals surface area contributed by atoms with Gasteiger partial charge < -0.3 is 0 Å². The Kier molecular flexibility index (Phi) is 1.70. The summed E-state index contributed by atoms with van der Waals surface area (Å²) in [7, 11) is 0. The molecule has 0 aromatic rings. The highest BCUT2D eigenvalue weighted by molar-refractivity contribution is 8.03. The first-order valence-corrected chi connectivity index (χ1v) is 3.42. The molecular weight excluding hydrogens is 168 g/mol. The molecule has 0 bridgehead atoms. The Morgan fingerprint density at radius 3 is 2.10 bits per heavy atom. The molecule has 10 heavy (non-hydrogen) atoms. The van der Waals surface area contributed by atoms with Crippen LogP contribution in [0.15, 0.2) is 11.5 Å². The van der Waals surface area contributed by atoms with Gasteiger partial charge in [0.2, 0.25) is 0 Å². The van der Waals surface area contributed by atoms with Gasteiger partial charge in [-0.25, -0.2) is 0 Å². The molecule has 5 heteroatoms. The number of thioether (sulfide) groups is 1. The van der Waals surface area contributed by atoms with Crippen LogP contribution in [0.4, 0.5) is 17.6 Å². The molecule has 1 aliphatic rings. The van der Waals surface area contributed by atoms with Gasteiger partial charge in [-0.15, -0.1) is 0 Å². The number of hydrogen-bond acceptors (Lipinski definition) is 1. The van der Waals surface area contributed by atoms with E-state index < -0.39 is 17.6 Å². The summed E-state index contributed by atoms with van der Waals surface area (Å²) in [6.07, 6.45) is 0.176. The van der Waals surface area contributed by atoms with Gasteiger partial charge in [0.05, 0.1) is 0 Å². The number of alkyl halides is 4. The molecule has 0 saturated carbocycles. The first kappa shape index (κ1) is 7.91. The quantitative estimate of drug-likeness (QED) is 0.506. The number of halogens is 4. The van der Waals surface area contributed by atoms with E-state index in [9.17, 15) is 17.6 Å². The van der Waals surface area contributed by atoms with Crippen molar-refractivity contribution in [1.82, 2.24) is 0 Å². The molecule has 1 rings (SSSR count). The summed E-state index contributed by atoms with van der Waals surface area (Å²) in [4.78, 5) is 0. The first-order valence-electron chi connectivity index (χ1n) is 2.54. The predicted octanol–water partition coefficient (Wildman–Crippen LogP) is 2.87. The van der Waals surface area contributed by atoms with Crippen molar-refractivity contribution in [3.05, 3.63) is 11.5 Å². The molecule has 1 heterocycles. The van der Waals surface area contributed by atoms with E-state index in [-0.39, 0.29) is 11.8 Å². The third-order valence-corrected chi connectivity index (χ3v) is 2.04. The molecule has 0 unspecified atom stereocenters. The lowest BCUT2D eigenvalue weighted by molar-refractivity contribution is -0.149. The minimum atomic E-state index is -3.93. The molecule has 0 aromatic heterocycles. The zero-order valence-electron chi connectivity index (χ0n) is 4.78. The van der Waals surface area contributed by atoms with Gasteiger partial charge in [-0.2, -0.15) is 17.6 Å². The Morgan fingerprint density at radius 1 is 1.20 bits per heavy atom. The monoisotopic (exact) mass is 172 g/mol. The van der Waals surface area contributed by atoms with Crippen molar-refractivity contribution >= 4 is 11.8 Å². The van der Waals surface area contributed by atoms with Crippen molar-refractivity contribution in [3.63, 3.8) is 0 Å². The van der Waals surface area contributed by atoms with Crippen LogP contribution in [0, 0.1) is 0 Å². The van der Waals surface area contributed by atoms with Gasteiger partial charge in [-0.3, -0.25) is 0 Å². The predicted molar refractivity (Wildman–Crippen MR) is 31.2 cm³/mol. The fourth-order valence-corrected chi connectivity index (χ4v) is 1.15. The van der Waals surface area contributed by atoms with Crippen LogP contribution < -0.4 is 0 Å². The summed E-state index contributed by atoms with van der Waals surface area (Å²) in [5.74, 6) is -3.88. The normalized spacial score (nSPS) is 28.4. The summed E-state index contributed by atoms with van der Waals surface area (Å²) in [6.45, 7) is 0. The summed E-state index contributed by atoms with van der Waals surface area (Å²) in [6, 6.07) is 0. The fraction of sp³-hybridized carbons (Fsp3) is 0.600. The lowest BCUT2D eigenvalue weighted by atomic mass is 10.2. The second kappa shape index (κ2) is 2.15. The minimum Gasteiger partial charge on any atom is -0.198 e. The summed E-state index contributed by atoms with van der Waals surface area (Å²) < 4.78 is 48.6. The molecule has 0 aromatic carbocycles. The summed E-state index contributed by atoms with van der Waals surface area (Å²) in [5, 5.41) is -2.93. The van der Waals surface area contributed by atoms with Crippen LogP contribution in [0.1, 0.15) is 6.42 Å². The van der Waals surface area contributed by atoms with Crippen molar-refractivity contribution in [2.45, 2.75) is 17.6 Å². The maximum absolute atomic E-state index is 12.2. The molecule has 0 aliphatic carbocycles. The van der Waals surface area contributed by atoms with Crippen LogP contribution >= 0.6 is 11.8 Å². The molecule has 0 amide bonds. The van der Waals surface area contributed by atoms with Crippen molar-refractivity contribution < 1.29 is 17.6 Å². The minimum absolute atomic E-state index is 0.137. The van der Waals surface area contributed by atoms with E-state index >= 15 is 0 Å². The van der Waals surface area contributed by atoms with E-state index in [4.69, 9.17) is 0 Å². The van der Waals surface area contributed by atoms with Crippen LogP contribution in [0.2, 0.25) is 0 Å². The van der Waals surface area contributed by atoms with Gasteiger partial charge in [0.25, 0.3) is 0 Å². The van der Waals surface area contributed by atoms with E-state index in [1.54, 1.807) is 0 Å². The topological polar surface area (TPSA) is 0 Å². The van der Waals surface area contributed by atoms with E-state index in [1.807, 2.05) is 0 Å². The van der Waals surface area contributed by atoms with Crippen LogP contribution in [-0.4, -0.2) is 11.2 Å². The zero-order valence-corrected chi connectivity index (χ0v) is 5.60. The van der Waals surface area contributed by atoms with Crippen molar-refractivity contribution in [2.24, 2.45) is 0 Å². The smallest absolute Gasteiger partial charge is 0.198 e. The van der Waals surface area contributed by atoms with Gasteiger partial charge in [-0.1, -0.05) is 17.8 Å². The molecule has 58 valence electrons. The maximum Gasteiger partial charge on any atom is 0.360 e. The molecule has 0 N–H and O–H groups in total. The van der Waals surface area contributed by atoms with E-state index in [2.05, 4.69) is 0 Å². The standard InChI is InChI=1S/C5H4F4S/c6-4(7)2-1-3-10-5(4,8)9/h1,3H,2H2. The van der Waals surface area contributed by atoms with Crippen LogP contribution in [0.5, 0.6) is 0 Å². The van der Waals surface area contributed by atoms with Gasteiger partial charge in [-0.05, 0) is 5.41 Å². The van der Waals surface area contributed by atoms with Gasteiger partial charge in [0, 0.05) is 6.42 Å². The van der Waals surface area contributed by atoms with Crippen LogP contribution in [-0.2, 0) is 0 Å². The van der Waals surface area contributed by atoms with Crippen LogP contribution in [0.3, 0.4) is 0 Å². The highest BCUT2D eigenvalue weighted by Crippen LogP contribution is 2.48. The fourth-order valence-electron chi connectivity index (χ4n) is 0.535. The third-order valence-electron chi connectivity index (χ3n) is 1.11. The van der Waals surface area contributed by atoms with Gasteiger partial charge in [0.1, 0.15) is 0 Å². The van der Waals surface area contributed by atoms with E-state index in [0.29, 0.717) is 0 Å². The number of allylic oxidation sites excluding steroid dienone is 1. The Labute approximate surface area is 59.3 Å². The third kappa shape index (κ3) is 1.14. The average Bonchev–Trinajstić information content (AvgIpc) is 1.77. The molecular formula is C5H4F4S. The average molecular weight is 172 g/mol. The molecule has 0 nitrogen and oxygen atoms in total. The Bertz CT molecular complexity index is 145.